The number of rotatable bonds is 8. The number of carbonyl (C=O) groups is 1. The summed E-state index contributed by atoms with van der Waals surface area (Å²) >= 11 is 0. The highest BCUT2D eigenvalue weighted by atomic mass is 19.1. The van der Waals surface area contributed by atoms with E-state index in [-0.39, 0.29) is 30.2 Å². The standard InChI is InChI=1S/C32H30FNO7/c1-36-31(35)14-20-18-38-30-16-23(4-5-24(20)30)41-28-8-6-25-27(9-7-26(33)32(25)28)40-22-3-2-19(17-34)29(15-22)39-21-10-12-37-13-11-21/h2-5,7,9,15-16,20-21,28H,6,8,10-14,18H2,1H3/t20-,28-/m1/s1. The van der Waals surface area contributed by atoms with Crippen LogP contribution in [0.5, 0.6) is 28.7 Å². The van der Waals surface area contributed by atoms with Crippen LogP contribution in [-0.4, -0.2) is 39.0 Å². The summed E-state index contributed by atoms with van der Waals surface area (Å²) in [4.78, 5) is 11.7. The zero-order valence-corrected chi connectivity index (χ0v) is 22.7. The largest absolute Gasteiger partial charge is 0.492 e. The number of fused-ring (bicyclic) bond motifs is 2. The topological polar surface area (TPSA) is 96.2 Å². The Kier molecular flexibility index (Phi) is 7.66. The molecule has 41 heavy (non-hydrogen) atoms. The molecule has 1 aliphatic carbocycles. The molecule has 3 aromatic rings. The minimum atomic E-state index is -0.493. The maximum atomic E-state index is 15.1. The van der Waals surface area contributed by atoms with Gasteiger partial charge in [0.05, 0.1) is 38.9 Å². The third-order valence-corrected chi connectivity index (χ3v) is 7.79. The van der Waals surface area contributed by atoms with Crippen molar-refractivity contribution in [3.05, 3.63) is 76.6 Å². The lowest BCUT2D eigenvalue weighted by molar-refractivity contribution is -0.141. The predicted octanol–water partition coefficient (Wildman–Crippen LogP) is 6.15. The Labute approximate surface area is 237 Å². The lowest BCUT2D eigenvalue weighted by atomic mass is 9.98. The van der Waals surface area contributed by atoms with Gasteiger partial charge in [-0.1, -0.05) is 6.07 Å². The van der Waals surface area contributed by atoms with Crippen molar-refractivity contribution < 1.29 is 37.6 Å². The normalized spacial score (nSPS) is 19.4. The monoisotopic (exact) mass is 559 g/mol. The minimum Gasteiger partial charge on any atom is -0.492 e. The lowest BCUT2D eigenvalue weighted by Crippen LogP contribution is -2.26. The molecule has 3 aromatic carbocycles. The summed E-state index contributed by atoms with van der Waals surface area (Å²) in [5.74, 6) is 2.02. The zero-order chi connectivity index (χ0) is 28.3. The van der Waals surface area contributed by atoms with Crippen LogP contribution in [0.4, 0.5) is 4.39 Å². The second-order valence-electron chi connectivity index (χ2n) is 10.4. The van der Waals surface area contributed by atoms with Gasteiger partial charge in [-0.3, -0.25) is 4.79 Å². The minimum absolute atomic E-state index is 0.0255. The van der Waals surface area contributed by atoms with Gasteiger partial charge in [0.1, 0.15) is 52.8 Å². The van der Waals surface area contributed by atoms with Crippen LogP contribution >= 0.6 is 0 Å². The molecule has 6 rings (SSSR count). The third-order valence-electron chi connectivity index (χ3n) is 7.79. The molecule has 9 heteroatoms. The van der Waals surface area contributed by atoms with Crippen molar-refractivity contribution in [1.82, 2.24) is 0 Å². The number of methoxy groups -OCH3 is 1. The molecule has 0 amide bonds. The third kappa shape index (κ3) is 5.66. The number of esters is 1. The molecule has 0 spiro atoms. The van der Waals surface area contributed by atoms with Gasteiger partial charge < -0.3 is 28.4 Å². The molecule has 0 bridgehead atoms. The second kappa shape index (κ2) is 11.7. The average molecular weight is 560 g/mol. The van der Waals surface area contributed by atoms with E-state index in [1.165, 1.54) is 13.2 Å². The lowest BCUT2D eigenvalue weighted by Gasteiger charge is -2.24. The van der Waals surface area contributed by atoms with Crippen molar-refractivity contribution in [2.75, 3.05) is 26.9 Å². The van der Waals surface area contributed by atoms with Gasteiger partial charge >= 0.3 is 5.97 Å². The Hall–Kier alpha value is -4.29. The van der Waals surface area contributed by atoms with E-state index in [4.69, 9.17) is 28.4 Å². The first-order valence-electron chi connectivity index (χ1n) is 13.8. The highest BCUT2D eigenvalue weighted by molar-refractivity contribution is 5.71. The Morgan fingerprint density at radius 1 is 1.02 bits per heavy atom. The summed E-state index contributed by atoms with van der Waals surface area (Å²) in [6, 6.07) is 15.8. The Morgan fingerprint density at radius 2 is 1.85 bits per heavy atom. The molecule has 0 N–H and O–H groups in total. The number of benzene rings is 3. The quantitative estimate of drug-likeness (QED) is 0.303. The summed E-state index contributed by atoms with van der Waals surface area (Å²) < 4.78 is 49.7. The van der Waals surface area contributed by atoms with E-state index in [1.807, 2.05) is 12.1 Å². The van der Waals surface area contributed by atoms with Crippen molar-refractivity contribution in [2.45, 2.75) is 50.2 Å². The Balaban J connectivity index is 1.19. The van der Waals surface area contributed by atoms with Gasteiger partial charge in [-0.2, -0.15) is 5.26 Å². The van der Waals surface area contributed by atoms with E-state index in [9.17, 15) is 10.1 Å². The van der Waals surface area contributed by atoms with Crippen LogP contribution in [-0.2, 0) is 20.7 Å². The molecule has 2 aliphatic heterocycles. The number of carbonyl (C=O) groups excluding carboxylic acids is 1. The summed E-state index contributed by atoms with van der Waals surface area (Å²) in [7, 11) is 1.37. The first-order chi connectivity index (χ1) is 20.0. The van der Waals surface area contributed by atoms with E-state index in [1.54, 1.807) is 30.3 Å². The molecule has 0 radical (unpaired) electrons. The Bertz CT molecular complexity index is 1490. The molecule has 1 fully saturated rings. The van der Waals surface area contributed by atoms with Gasteiger partial charge in [0.2, 0.25) is 0 Å². The van der Waals surface area contributed by atoms with E-state index in [0.29, 0.717) is 72.5 Å². The van der Waals surface area contributed by atoms with E-state index < -0.39 is 6.10 Å². The van der Waals surface area contributed by atoms with Gasteiger partial charge in [0.15, 0.2) is 0 Å². The number of halogens is 1. The molecule has 3 aliphatic rings. The highest BCUT2D eigenvalue weighted by Crippen LogP contribution is 2.44. The molecule has 0 aromatic heterocycles. The summed E-state index contributed by atoms with van der Waals surface area (Å²) in [6.07, 6.45) is 2.41. The predicted molar refractivity (Wildman–Crippen MR) is 145 cm³/mol. The number of hydrogen-bond donors (Lipinski definition) is 0. The van der Waals surface area contributed by atoms with Crippen molar-refractivity contribution >= 4 is 5.97 Å². The molecule has 8 nitrogen and oxygen atoms in total. The first-order valence-corrected chi connectivity index (χ1v) is 13.8. The fraction of sp³-hybridized carbons (Fsp3) is 0.375. The molecule has 212 valence electrons. The van der Waals surface area contributed by atoms with Gasteiger partial charge in [0, 0.05) is 47.6 Å². The van der Waals surface area contributed by atoms with Crippen molar-refractivity contribution in [3.8, 4) is 34.8 Å². The number of nitrogens with zero attached hydrogens (tertiary/aromatic N) is 1. The molecular formula is C32H30FNO7. The van der Waals surface area contributed by atoms with E-state index >= 15 is 4.39 Å². The molecule has 0 saturated carbocycles. The van der Waals surface area contributed by atoms with Gasteiger partial charge in [-0.25, -0.2) is 4.39 Å². The maximum absolute atomic E-state index is 15.1. The van der Waals surface area contributed by atoms with Crippen molar-refractivity contribution in [3.63, 3.8) is 0 Å². The zero-order valence-electron chi connectivity index (χ0n) is 22.7. The van der Waals surface area contributed by atoms with Crippen LogP contribution in [0.2, 0.25) is 0 Å². The fourth-order valence-corrected chi connectivity index (χ4v) is 5.66. The number of nitriles is 1. The maximum Gasteiger partial charge on any atom is 0.306 e. The van der Waals surface area contributed by atoms with E-state index in [0.717, 1.165) is 24.0 Å². The Morgan fingerprint density at radius 3 is 2.66 bits per heavy atom. The summed E-state index contributed by atoms with van der Waals surface area (Å²) in [6.45, 7) is 1.65. The number of hydrogen-bond acceptors (Lipinski definition) is 8. The SMILES string of the molecule is COC(=O)C[C@@H]1COc2cc(O[C@@H]3CCc4c(Oc5ccc(C#N)c(OC6CCOCC6)c5)ccc(F)c43)ccc21. The van der Waals surface area contributed by atoms with Crippen LogP contribution in [0.25, 0.3) is 0 Å². The average Bonchev–Trinajstić information content (AvgIpc) is 3.60. The van der Waals surface area contributed by atoms with Gasteiger partial charge in [-0.15, -0.1) is 0 Å². The van der Waals surface area contributed by atoms with Crippen LogP contribution in [0, 0.1) is 17.1 Å². The van der Waals surface area contributed by atoms with Crippen LogP contribution < -0.4 is 18.9 Å². The number of ether oxygens (including phenoxy) is 6. The van der Waals surface area contributed by atoms with Gasteiger partial charge in [0.25, 0.3) is 0 Å². The van der Waals surface area contributed by atoms with Crippen LogP contribution in [0.3, 0.4) is 0 Å². The molecular weight excluding hydrogens is 529 g/mol. The van der Waals surface area contributed by atoms with Crippen LogP contribution in [0.1, 0.15) is 60.0 Å². The fourth-order valence-electron chi connectivity index (χ4n) is 5.66. The van der Waals surface area contributed by atoms with Crippen molar-refractivity contribution in [2.24, 2.45) is 0 Å². The van der Waals surface area contributed by atoms with Crippen molar-refractivity contribution in [1.29, 1.82) is 5.26 Å². The smallest absolute Gasteiger partial charge is 0.306 e. The molecule has 2 atom stereocenters. The van der Waals surface area contributed by atoms with Gasteiger partial charge in [-0.05, 0) is 43.2 Å². The highest BCUT2D eigenvalue weighted by Gasteiger charge is 2.32. The second-order valence-corrected chi connectivity index (χ2v) is 10.4. The molecule has 2 heterocycles. The molecule has 1 saturated heterocycles. The summed E-state index contributed by atoms with van der Waals surface area (Å²) in [5.41, 5.74) is 2.58. The molecule has 0 unspecified atom stereocenters. The van der Waals surface area contributed by atoms with Crippen LogP contribution in [0.15, 0.2) is 48.5 Å². The van der Waals surface area contributed by atoms with E-state index in [2.05, 4.69) is 6.07 Å². The summed E-state index contributed by atoms with van der Waals surface area (Å²) in [5, 5.41) is 9.57. The first kappa shape index (κ1) is 26.9.